The summed E-state index contributed by atoms with van der Waals surface area (Å²) in [4.78, 5) is 12.7. The fraction of sp³-hybridized carbons (Fsp3) is 0.136. The summed E-state index contributed by atoms with van der Waals surface area (Å²) in [6.07, 6.45) is 0. The van der Waals surface area contributed by atoms with E-state index in [2.05, 4.69) is 21.2 Å². The van der Waals surface area contributed by atoms with Gasteiger partial charge in [-0.3, -0.25) is 4.79 Å². The first-order valence-electron chi connectivity index (χ1n) is 9.26. The van der Waals surface area contributed by atoms with Crippen molar-refractivity contribution in [3.63, 3.8) is 0 Å². The topological polar surface area (TPSA) is 66.5 Å². The SMILES string of the molecule is O=C(CN(Cc1ccccc1)S(=O)(=O)c1ccc(Br)cc1)NCc1ccc(Cl)cc1Cl. The number of rotatable bonds is 8. The lowest BCUT2D eigenvalue weighted by atomic mass is 10.2. The molecule has 0 aliphatic carbocycles. The normalized spacial score (nSPS) is 11.5. The molecule has 1 amide bonds. The van der Waals surface area contributed by atoms with Crippen molar-refractivity contribution in [2.45, 2.75) is 18.0 Å². The summed E-state index contributed by atoms with van der Waals surface area (Å²) in [7, 11) is -3.90. The number of halogens is 3. The second kappa shape index (κ2) is 10.6. The van der Waals surface area contributed by atoms with Crippen LogP contribution in [0.15, 0.2) is 82.2 Å². The van der Waals surface area contributed by atoms with E-state index in [-0.39, 0.29) is 24.5 Å². The molecule has 0 saturated heterocycles. The Morgan fingerprint density at radius 2 is 1.65 bits per heavy atom. The molecule has 3 rings (SSSR count). The van der Waals surface area contributed by atoms with E-state index in [0.29, 0.717) is 15.6 Å². The van der Waals surface area contributed by atoms with E-state index in [1.54, 1.807) is 30.3 Å². The summed E-state index contributed by atoms with van der Waals surface area (Å²) in [5.41, 5.74) is 1.46. The van der Waals surface area contributed by atoms with Crippen molar-refractivity contribution in [1.82, 2.24) is 9.62 Å². The second-order valence-corrected chi connectivity index (χ2v) is 10.4. The van der Waals surface area contributed by atoms with Gasteiger partial charge in [-0.15, -0.1) is 0 Å². The van der Waals surface area contributed by atoms with Crippen LogP contribution < -0.4 is 5.32 Å². The van der Waals surface area contributed by atoms with Crippen molar-refractivity contribution in [3.05, 3.63) is 98.4 Å². The van der Waals surface area contributed by atoms with Crippen LogP contribution >= 0.6 is 39.1 Å². The van der Waals surface area contributed by atoms with Gasteiger partial charge in [-0.05, 0) is 47.5 Å². The third-order valence-electron chi connectivity index (χ3n) is 4.46. The number of nitrogens with zero attached hydrogens (tertiary/aromatic N) is 1. The molecule has 3 aromatic rings. The maximum absolute atomic E-state index is 13.2. The fourth-order valence-corrected chi connectivity index (χ4v) is 4.97. The van der Waals surface area contributed by atoms with E-state index in [0.717, 1.165) is 14.3 Å². The highest BCUT2D eigenvalue weighted by Crippen LogP contribution is 2.22. The lowest BCUT2D eigenvalue weighted by molar-refractivity contribution is -0.121. The van der Waals surface area contributed by atoms with E-state index in [9.17, 15) is 13.2 Å². The second-order valence-electron chi connectivity index (χ2n) is 6.73. The summed E-state index contributed by atoms with van der Waals surface area (Å²) in [5.74, 6) is -0.442. The van der Waals surface area contributed by atoms with Crippen molar-refractivity contribution >= 4 is 55.1 Å². The first-order chi connectivity index (χ1) is 14.8. The average Bonchev–Trinajstić information content (AvgIpc) is 2.74. The number of sulfonamides is 1. The standard InChI is InChI=1S/C22H19BrCl2N2O3S/c23-18-7-10-20(11-8-18)31(29,30)27(14-16-4-2-1-3-5-16)15-22(28)26-13-17-6-9-19(24)12-21(17)25/h1-12H,13-15H2,(H,26,28). The molecule has 0 heterocycles. The van der Waals surface area contributed by atoms with Gasteiger partial charge in [0.05, 0.1) is 11.4 Å². The summed E-state index contributed by atoms with van der Waals surface area (Å²) < 4.78 is 28.4. The number of amides is 1. The van der Waals surface area contributed by atoms with Crippen LogP contribution in [0.1, 0.15) is 11.1 Å². The van der Waals surface area contributed by atoms with Crippen molar-refractivity contribution in [2.24, 2.45) is 0 Å². The minimum Gasteiger partial charge on any atom is -0.351 e. The van der Waals surface area contributed by atoms with Crippen LogP contribution in [0.3, 0.4) is 0 Å². The van der Waals surface area contributed by atoms with Crippen molar-refractivity contribution in [1.29, 1.82) is 0 Å². The van der Waals surface area contributed by atoms with E-state index < -0.39 is 15.9 Å². The zero-order chi connectivity index (χ0) is 22.4. The fourth-order valence-electron chi connectivity index (χ4n) is 2.84. The Kier molecular flexibility index (Phi) is 8.13. The van der Waals surface area contributed by atoms with Gasteiger partial charge in [0, 0.05) is 27.6 Å². The van der Waals surface area contributed by atoms with E-state index in [1.165, 1.54) is 12.1 Å². The number of benzene rings is 3. The van der Waals surface area contributed by atoms with Gasteiger partial charge in [-0.2, -0.15) is 4.31 Å². The van der Waals surface area contributed by atoms with Crippen molar-refractivity contribution in [3.8, 4) is 0 Å². The first-order valence-corrected chi connectivity index (χ1v) is 12.2. The minimum atomic E-state index is -3.90. The Hall–Kier alpha value is -1.90. The number of hydrogen-bond donors (Lipinski definition) is 1. The molecule has 0 spiro atoms. The first kappa shape index (κ1) is 23.8. The Morgan fingerprint density at radius 1 is 0.968 bits per heavy atom. The molecule has 0 fully saturated rings. The zero-order valence-corrected chi connectivity index (χ0v) is 20.2. The van der Waals surface area contributed by atoms with Crippen LogP contribution in [0.4, 0.5) is 0 Å². The number of carbonyl (C=O) groups excluding carboxylic acids is 1. The van der Waals surface area contributed by atoms with Crippen LogP contribution in [-0.4, -0.2) is 25.2 Å². The van der Waals surface area contributed by atoms with Crippen molar-refractivity contribution in [2.75, 3.05) is 6.54 Å². The molecule has 0 unspecified atom stereocenters. The number of nitrogens with one attached hydrogen (secondary N) is 1. The molecule has 3 aromatic carbocycles. The van der Waals surface area contributed by atoms with Gasteiger partial charge in [0.25, 0.3) is 0 Å². The molecule has 0 aliphatic rings. The molecule has 0 bridgehead atoms. The third-order valence-corrected chi connectivity index (χ3v) is 7.39. The van der Waals surface area contributed by atoms with Crippen LogP contribution in [0.2, 0.25) is 10.0 Å². The lowest BCUT2D eigenvalue weighted by Gasteiger charge is -2.22. The summed E-state index contributed by atoms with van der Waals surface area (Å²) >= 11 is 15.3. The van der Waals surface area contributed by atoms with Crippen LogP contribution in [-0.2, 0) is 27.9 Å². The maximum atomic E-state index is 13.2. The molecule has 0 aromatic heterocycles. The van der Waals surface area contributed by atoms with Crippen molar-refractivity contribution < 1.29 is 13.2 Å². The Bertz CT molecular complexity index is 1160. The van der Waals surface area contributed by atoms with Gasteiger partial charge < -0.3 is 5.32 Å². The van der Waals surface area contributed by atoms with E-state index in [4.69, 9.17) is 23.2 Å². The summed E-state index contributed by atoms with van der Waals surface area (Å²) in [6, 6.07) is 20.4. The molecular formula is C22H19BrCl2N2O3S. The highest BCUT2D eigenvalue weighted by Gasteiger charge is 2.27. The van der Waals surface area contributed by atoms with E-state index in [1.807, 2.05) is 30.3 Å². The smallest absolute Gasteiger partial charge is 0.243 e. The predicted molar refractivity (Wildman–Crippen MR) is 126 cm³/mol. The molecule has 9 heteroatoms. The van der Waals surface area contributed by atoms with Crippen LogP contribution in [0, 0.1) is 0 Å². The third kappa shape index (κ3) is 6.54. The van der Waals surface area contributed by atoms with Gasteiger partial charge in [-0.25, -0.2) is 8.42 Å². The zero-order valence-electron chi connectivity index (χ0n) is 16.3. The molecule has 5 nitrogen and oxygen atoms in total. The summed E-state index contributed by atoms with van der Waals surface area (Å²) in [5, 5.41) is 3.65. The number of hydrogen-bond acceptors (Lipinski definition) is 3. The summed E-state index contributed by atoms with van der Waals surface area (Å²) in [6.45, 7) is -0.112. The maximum Gasteiger partial charge on any atom is 0.243 e. The van der Waals surface area contributed by atoms with Crippen LogP contribution in [0.25, 0.3) is 0 Å². The van der Waals surface area contributed by atoms with Gasteiger partial charge in [0.15, 0.2) is 0 Å². The Morgan fingerprint density at radius 3 is 2.29 bits per heavy atom. The van der Waals surface area contributed by atoms with Gasteiger partial charge >= 0.3 is 0 Å². The molecule has 31 heavy (non-hydrogen) atoms. The number of carbonyl (C=O) groups is 1. The van der Waals surface area contributed by atoms with Crippen LogP contribution in [0.5, 0.6) is 0 Å². The van der Waals surface area contributed by atoms with Gasteiger partial charge in [0.2, 0.25) is 15.9 Å². The van der Waals surface area contributed by atoms with Gasteiger partial charge in [0.1, 0.15) is 0 Å². The molecule has 0 aliphatic heterocycles. The predicted octanol–water partition coefficient (Wildman–Crippen LogP) is 5.26. The Balaban J connectivity index is 1.79. The Labute approximate surface area is 200 Å². The molecule has 0 atom stereocenters. The highest BCUT2D eigenvalue weighted by molar-refractivity contribution is 9.10. The highest BCUT2D eigenvalue weighted by atomic mass is 79.9. The quantitative estimate of drug-likeness (QED) is 0.423. The molecular weight excluding hydrogens is 523 g/mol. The molecule has 0 saturated carbocycles. The molecule has 1 N–H and O–H groups in total. The molecule has 0 radical (unpaired) electrons. The monoisotopic (exact) mass is 540 g/mol. The molecule has 162 valence electrons. The minimum absolute atomic E-state index is 0.0638. The lowest BCUT2D eigenvalue weighted by Crippen LogP contribution is -2.40. The van der Waals surface area contributed by atoms with Gasteiger partial charge in [-0.1, -0.05) is 75.5 Å². The largest absolute Gasteiger partial charge is 0.351 e. The van der Waals surface area contributed by atoms with E-state index >= 15 is 0 Å². The average molecular weight is 542 g/mol.